The van der Waals surface area contributed by atoms with Gasteiger partial charge in [0.1, 0.15) is 12.7 Å². The van der Waals surface area contributed by atoms with Gasteiger partial charge in [0.25, 0.3) is 0 Å². The van der Waals surface area contributed by atoms with Crippen molar-refractivity contribution in [1.82, 2.24) is 15.3 Å². The first-order chi connectivity index (χ1) is 7.74. The maximum atomic E-state index is 5.52. The van der Waals surface area contributed by atoms with E-state index < -0.39 is 0 Å². The lowest BCUT2D eigenvalue weighted by atomic mass is 10.3. The van der Waals surface area contributed by atoms with Gasteiger partial charge >= 0.3 is 6.01 Å². The monoisotopic (exact) mass is 223 g/mol. The molecule has 1 N–H and O–H groups in total. The highest BCUT2D eigenvalue weighted by molar-refractivity contribution is 5.10. The third-order valence-corrected chi connectivity index (χ3v) is 2.36. The van der Waals surface area contributed by atoms with Crippen LogP contribution in [0.1, 0.15) is 11.4 Å². The maximum absolute atomic E-state index is 5.52. The fourth-order valence-electron chi connectivity index (χ4n) is 1.65. The zero-order valence-corrected chi connectivity index (χ0v) is 9.69. The molecule has 88 valence electrons. The minimum atomic E-state index is 0.0955. The van der Waals surface area contributed by atoms with Crippen LogP contribution >= 0.6 is 0 Å². The van der Waals surface area contributed by atoms with Crippen LogP contribution in [0.15, 0.2) is 6.07 Å². The van der Waals surface area contributed by atoms with Crippen LogP contribution < -0.4 is 10.1 Å². The van der Waals surface area contributed by atoms with Gasteiger partial charge in [-0.2, -0.15) is 0 Å². The van der Waals surface area contributed by atoms with E-state index in [1.54, 1.807) is 0 Å². The summed E-state index contributed by atoms with van der Waals surface area (Å²) in [5, 5.41) is 3.25. The van der Waals surface area contributed by atoms with Crippen LogP contribution in [0, 0.1) is 13.8 Å². The average molecular weight is 223 g/mol. The second kappa shape index (κ2) is 5.23. The zero-order chi connectivity index (χ0) is 11.4. The summed E-state index contributed by atoms with van der Waals surface area (Å²) in [5.74, 6) is 0. The molecule has 5 heteroatoms. The molecular formula is C11H17N3O2. The lowest BCUT2D eigenvalue weighted by Gasteiger charge is -2.23. The second-order valence-electron chi connectivity index (χ2n) is 3.94. The van der Waals surface area contributed by atoms with E-state index in [4.69, 9.17) is 9.47 Å². The van der Waals surface area contributed by atoms with E-state index >= 15 is 0 Å². The fraction of sp³-hybridized carbons (Fsp3) is 0.636. The highest BCUT2D eigenvalue weighted by Gasteiger charge is 2.14. The van der Waals surface area contributed by atoms with Crippen LogP contribution in [0.3, 0.4) is 0 Å². The van der Waals surface area contributed by atoms with Crippen molar-refractivity contribution in [2.45, 2.75) is 20.0 Å². The minimum absolute atomic E-state index is 0.0955. The Balaban J connectivity index is 1.88. The van der Waals surface area contributed by atoms with Crippen molar-refractivity contribution < 1.29 is 9.47 Å². The van der Waals surface area contributed by atoms with Crippen molar-refractivity contribution in [3.8, 4) is 6.01 Å². The summed E-state index contributed by atoms with van der Waals surface area (Å²) >= 11 is 0. The molecule has 1 atom stereocenters. The largest absolute Gasteiger partial charge is 0.461 e. The first-order valence-electron chi connectivity index (χ1n) is 5.51. The van der Waals surface area contributed by atoms with Crippen molar-refractivity contribution in [2.24, 2.45) is 0 Å². The summed E-state index contributed by atoms with van der Waals surface area (Å²) in [5.41, 5.74) is 1.84. The van der Waals surface area contributed by atoms with Crippen molar-refractivity contribution >= 4 is 0 Å². The van der Waals surface area contributed by atoms with Gasteiger partial charge < -0.3 is 14.8 Å². The van der Waals surface area contributed by atoms with Gasteiger partial charge in [0, 0.05) is 24.5 Å². The van der Waals surface area contributed by atoms with E-state index in [9.17, 15) is 0 Å². The summed E-state index contributed by atoms with van der Waals surface area (Å²) in [4.78, 5) is 8.42. The molecule has 1 saturated heterocycles. The predicted molar refractivity (Wildman–Crippen MR) is 59.6 cm³/mol. The Morgan fingerprint density at radius 2 is 2.19 bits per heavy atom. The molecule has 1 aliphatic rings. The van der Waals surface area contributed by atoms with Crippen molar-refractivity contribution in [3.63, 3.8) is 0 Å². The Morgan fingerprint density at radius 1 is 1.44 bits per heavy atom. The highest BCUT2D eigenvalue weighted by atomic mass is 16.5. The molecule has 2 rings (SSSR count). The first-order valence-corrected chi connectivity index (χ1v) is 5.51. The standard InChI is InChI=1S/C11H17N3O2/c1-8-5-9(2)14-11(13-8)16-7-10-6-12-3-4-15-10/h5,10,12H,3-4,6-7H2,1-2H3. The Hall–Kier alpha value is -1.20. The van der Waals surface area contributed by atoms with Crippen LogP contribution in [-0.4, -0.2) is 42.4 Å². The molecule has 1 aliphatic heterocycles. The number of aryl methyl sites for hydroxylation is 2. The van der Waals surface area contributed by atoms with E-state index in [0.717, 1.165) is 31.1 Å². The number of ether oxygens (including phenoxy) is 2. The van der Waals surface area contributed by atoms with E-state index in [-0.39, 0.29) is 6.10 Å². The molecule has 0 aromatic carbocycles. The molecule has 2 heterocycles. The molecule has 5 nitrogen and oxygen atoms in total. The third-order valence-electron chi connectivity index (χ3n) is 2.36. The fourth-order valence-corrected chi connectivity index (χ4v) is 1.65. The number of morpholine rings is 1. The van der Waals surface area contributed by atoms with Gasteiger partial charge in [0.05, 0.1) is 6.61 Å². The number of aromatic nitrogens is 2. The Bertz CT molecular complexity index is 331. The SMILES string of the molecule is Cc1cc(C)nc(OCC2CNCCO2)n1. The molecule has 0 saturated carbocycles. The molecule has 0 bridgehead atoms. The molecule has 1 aromatic heterocycles. The molecule has 0 amide bonds. The molecule has 0 aliphatic carbocycles. The minimum Gasteiger partial charge on any atom is -0.461 e. The summed E-state index contributed by atoms with van der Waals surface area (Å²) in [6, 6.07) is 2.36. The van der Waals surface area contributed by atoms with E-state index in [0.29, 0.717) is 12.6 Å². The number of hydrogen-bond donors (Lipinski definition) is 1. The summed E-state index contributed by atoms with van der Waals surface area (Å²) < 4.78 is 11.0. The van der Waals surface area contributed by atoms with Crippen LogP contribution in [0.2, 0.25) is 0 Å². The Morgan fingerprint density at radius 3 is 2.81 bits per heavy atom. The number of nitrogens with one attached hydrogen (secondary N) is 1. The average Bonchev–Trinajstić information content (AvgIpc) is 2.27. The number of rotatable bonds is 3. The third kappa shape index (κ3) is 3.15. The summed E-state index contributed by atoms with van der Waals surface area (Å²) in [6.45, 7) is 6.83. The van der Waals surface area contributed by atoms with Gasteiger partial charge in [-0.05, 0) is 19.9 Å². The van der Waals surface area contributed by atoms with E-state index in [1.165, 1.54) is 0 Å². The van der Waals surface area contributed by atoms with Crippen molar-refractivity contribution in [2.75, 3.05) is 26.3 Å². The van der Waals surface area contributed by atoms with Gasteiger partial charge in [0.2, 0.25) is 0 Å². The summed E-state index contributed by atoms with van der Waals surface area (Å²) in [7, 11) is 0. The molecule has 16 heavy (non-hydrogen) atoms. The van der Waals surface area contributed by atoms with Gasteiger partial charge in [-0.1, -0.05) is 0 Å². The Kier molecular flexibility index (Phi) is 3.69. The quantitative estimate of drug-likeness (QED) is 0.806. The van der Waals surface area contributed by atoms with Gasteiger partial charge in [-0.15, -0.1) is 0 Å². The maximum Gasteiger partial charge on any atom is 0.316 e. The number of nitrogens with zero attached hydrogens (tertiary/aromatic N) is 2. The summed E-state index contributed by atoms with van der Waals surface area (Å²) in [6.07, 6.45) is 0.0955. The smallest absolute Gasteiger partial charge is 0.316 e. The molecule has 1 fully saturated rings. The Labute approximate surface area is 95.2 Å². The van der Waals surface area contributed by atoms with Crippen molar-refractivity contribution in [1.29, 1.82) is 0 Å². The molecular weight excluding hydrogens is 206 g/mol. The van der Waals surface area contributed by atoms with Gasteiger partial charge in [-0.3, -0.25) is 0 Å². The van der Waals surface area contributed by atoms with Crippen LogP contribution in [0.25, 0.3) is 0 Å². The second-order valence-corrected chi connectivity index (χ2v) is 3.94. The molecule has 1 aromatic rings. The highest BCUT2D eigenvalue weighted by Crippen LogP contribution is 2.07. The van der Waals surface area contributed by atoms with Crippen LogP contribution in [-0.2, 0) is 4.74 Å². The zero-order valence-electron chi connectivity index (χ0n) is 9.69. The predicted octanol–water partition coefficient (Wildman–Crippen LogP) is 0.461. The first kappa shape index (κ1) is 11.3. The van der Waals surface area contributed by atoms with Crippen molar-refractivity contribution in [3.05, 3.63) is 17.5 Å². The van der Waals surface area contributed by atoms with E-state index in [2.05, 4.69) is 15.3 Å². The van der Waals surface area contributed by atoms with E-state index in [1.807, 2.05) is 19.9 Å². The number of hydrogen-bond acceptors (Lipinski definition) is 5. The lowest BCUT2D eigenvalue weighted by Crippen LogP contribution is -2.41. The lowest BCUT2D eigenvalue weighted by molar-refractivity contribution is -0.00185. The van der Waals surface area contributed by atoms with Gasteiger partial charge in [-0.25, -0.2) is 9.97 Å². The van der Waals surface area contributed by atoms with Crippen LogP contribution in [0.5, 0.6) is 6.01 Å². The molecule has 0 radical (unpaired) electrons. The molecule has 1 unspecified atom stereocenters. The van der Waals surface area contributed by atoms with Gasteiger partial charge in [0.15, 0.2) is 0 Å². The molecule has 0 spiro atoms. The van der Waals surface area contributed by atoms with Crippen LogP contribution in [0.4, 0.5) is 0 Å². The normalized spacial score (nSPS) is 20.8. The topological polar surface area (TPSA) is 56.3 Å².